The minimum absolute atomic E-state index is 0.147. The molecule has 3 aromatic rings. The number of aryl methyl sites for hydroxylation is 2. The number of benzene rings is 1. The van der Waals surface area contributed by atoms with Gasteiger partial charge in [0.15, 0.2) is 5.82 Å². The molecule has 1 amide bonds. The van der Waals surface area contributed by atoms with E-state index >= 15 is 0 Å². The third-order valence-electron chi connectivity index (χ3n) is 3.74. The molecule has 0 bridgehead atoms. The van der Waals surface area contributed by atoms with E-state index in [1.54, 1.807) is 19.1 Å². The summed E-state index contributed by atoms with van der Waals surface area (Å²) >= 11 is 0. The van der Waals surface area contributed by atoms with Crippen molar-refractivity contribution in [2.24, 2.45) is 0 Å². The van der Waals surface area contributed by atoms with E-state index in [1.165, 1.54) is 16.2 Å². The van der Waals surface area contributed by atoms with Crippen molar-refractivity contribution in [1.29, 1.82) is 0 Å². The van der Waals surface area contributed by atoms with Crippen molar-refractivity contribution in [3.05, 3.63) is 64.2 Å². The molecule has 25 heavy (non-hydrogen) atoms. The van der Waals surface area contributed by atoms with Gasteiger partial charge in [-0.15, -0.1) is 0 Å². The molecule has 0 aliphatic rings. The number of anilines is 1. The fourth-order valence-corrected chi connectivity index (χ4v) is 2.44. The van der Waals surface area contributed by atoms with Gasteiger partial charge in [-0.05, 0) is 37.1 Å². The van der Waals surface area contributed by atoms with Gasteiger partial charge < -0.3 is 9.84 Å². The first-order chi connectivity index (χ1) is 12.1. The Kier molecular flexibility index (Phi) is 4.74. The maximum atomic E-state index is 12.3. The summed E-state index contributed by atoms with van der Waals surface area (Å²) in [7, 11) is 0. The smallest absolute Gasteiger partial charge is 0.274 e. The highest BCUT2D eigenvalue weighted by molar-refractivity contribution is 5.90. The first kappa shape index (κ1) is 16.6. The molecule has 0 saturated carbocycles. The monoisotopic (exact) mass is 338 g/mol. The summed E-state index contributed by atoms with van der Waals surface area (Å²) in [6, 6.07) is 12.2. The summed E-state index contributed by atoms with van der Waals surface area (Å²) in [6.07, 6.45) is 0.931. The molecule has 0 aliphatic carbocycles. The maximum Gasteiger partial charge on any atom is 0.274 e. The van der Waals surface area contributed by atoms with Crippen molar-refractivity contribution in [3.8, 4) is 11.6 Å². The summed E-state index contributed by atoms with van der Waals surface area (Å²) in [4.78, 5) is 28.6. The lowest BCUT2D eigenvalue weighted by Crippen LogP contribution is -2.28. The van der Waals surface area contributed by atoms with Gasteiger partial charge in [-0.3, -0.25) is 14.2 Å². The number of carbonyl (C=O) groups excluding carboxylic acids is 1. The lowest BCUT2D eigenvalue weighted by atomic mass is 10.1. The molecule has 2 heterocycles. The van der Waals surface area contributed by atoms with Gasteiger partial charge in [-0.2, -0.15) is 4.98 Å². The van der Waals surface area contributed by atoms with Crippen LogP contribution in [-0.4, -0.2) is 20.6 Å². The number of nitrogens with zero attached hydrogens (tertiary/aromatic N) is 3. The van der Waals surface area contributed by atoms with Gasteiger partial charge in [0.05, 0.1) is 0 Å². The number of carbonyl (C=O) groups is 1. The van der Waals surface area contributed by atoms with E-state index in [4.69, 9.17) is 4.52 Å². The Balaban J connectivity index is 1.82. The molecule has 2 aromatic heterocycles. The highest BCUT2D eigenvalue weighted by atomic mass is 16.5. The molecular weight excluding hydrogens is 320 g/mol. The molecule has 7 heteroatoms. The molecule has 0 spiro atoms. The van der Waals surface area contributed by atoms with E-state index in [0.29, 0.717) is 17.2 Å². The Labute approximate surface area is 144 Å². The number of aromatic nitrogens is 3. The molecule has 3 rings (SSSR count). The molecule has 0 radical (unpaired) electrons. The van der Waals surface area contributed by atoms with E-state index in [2.05, 4.69) is 22.4 Å². The maximum absolute atomic E-state index is 12.3. The zero-order valence-electron chi connectivity index (χ0n) is 14.0. The molecular formula is C18H18N4O3. The van der Waals surface area contributed by atoms with Gasteiger partial charge >= 0.3 is 0 Å². The minimum Gasteiger partial charge on any atom is -0.332 e. The van der Waals surface area contributed by atoms with Crippen LogP contribution in [0, 0.1) is 6.92 Å². The van der Waals surface area contributed by atoms with Gasteiger partial charge in [0.1, 0.15) is 12.2 Å². The van der Waals surface area contributed by atoms with Crippen LogP contribution in [0.1, 0.15) is 18.3 Å². The predicted molar refractivity (Wildman–Crippen MR) is 93.2 cm³/mol. The van der Waals surface area contributed by atoms with Crippen LogP contribution in [0.4, 0.5) is 5.69 Å². The van der Waals surface area contributed by atoms with Crippen molar-refractivity contribution in [1.82, 2.24) is 14.7 Å². The van der Waals surface area contributed by atoms with Gasteiger partial charge in [-0.25, -0.2) is 0 Å². The number of pyridine rings is 1. The van der Waals surface area contributed by atoms with E-state index in [-0.39, 0.29) is 23.9 Å². The van der Waals surface area contributed by atoms with Gasteiger partial charge in [0.25, 0.3) is 11.4 Å². The molecule has 0 atom stereocenters. The fraction of sp³-hybridized carbons (Fsp3) is 0.222. The molecule has 128 valence electrons. The third-order valence-corrected chi connectivity index (χ3v) is 3.74. The number of rotatable bonds is 5. The van der Waals surface area contributed by atoms with Crippen molar-refractivity contribution >= 4 is 11.6 Å². The molecule has 0 aliphatic heterocycles. The average Bonchev–Trinajstić information content (AvgIpc) is 3.03. The van der Waals surface area contributed by atoms with E-state index in [0.717, 1.165) is 6.42 Å². The summed E-state index contributed by atoms with van der Waals surface area (Å²) in [5.41, 5.74) is 1.96. The lowest BCUT2D eigenvalue weighted by Gasteiger charge is -2.10. The molecule has 1 aromatic carbocycles. The van der Waals surface area contributed by atoms with Crippen LogP contribution < -0.4 is 10.9 Å². The number of hydrogen-bond donors (Lipinski definition) is 1. The second kappa shape index (κ2) is 7.12. The molecule has 0 unspecified atom stereocenters. The Morgan fingerprint density at radius 2 is 1.96 bits per heavy atom. The third kappa shape index (κ3) is 3.82. The summed E-state index contributed by atoms with van der Waals surface area (Å²) in [6.45, 7) is 3.60. The van der Waals surface area contributed by atoms with Gasteiger partial charge in [0.2, 0.25) is 5.91 Å². The van der Waals surface area contributed by atoms with E-state index in [1.807, 2.05) is 24.3 Å². The number of nitrogens with one attached hydrogen (secondary N) is 1. The van der Waals surface area contributed by atoms with Crippen LogP contribution in [0.15, 0.2) is 51.8 Å². The Morgan fingerprint density at radius 1 is 1.20 bits per heavy atom. The first-order valence-electron chi connectivity index (χ1n) is 7.96. The van der Waals surface area contributed by atoms with E-state index < -0.39 is 0 Å². The second-order valence-electron chi connectivity index (χ2n) is 5.58. The first-order valence-corrected chi connectivity index (χ1v) is 7.96. The summed E-state index contributed by atoms with van der Waals surface area (Å²) in [5.74, 6) is 0.351. The standard InChI is InChI=1S/C18H18N4O3/c1-3-13-7-9-14(10-8-13)20-16(23)11-22-15(5-4-6-17(22)24)18-19-12(2)21-25-18/h4-10H,3,11H2,1-2H3,(H,20,23). The minimum atomic E-state index is -0.315. The highest BCUT2D eigenvalue weighted by Gasteiger charge is 2.15. The zero-order valence-corrected chi connectivity index (χ0v) is 14.0. The lowest BCUT2D eigenvalue weighted by molar-refractivity contribution is -0.116. The quantitative estimate of drug-likeness (QED) is 0.771. The Morgan fingerprint density at radius 3 is 2.60 bits per heavy atom. The predicted octanol–water partition coefficient (Wildman–Crippen LogP) is 2.41. The highest BCUT2D eigenvalue weighted by Crippen LogP contribution is 2.15. The fourth-order valence-electron chi connectivity index (χ4n) is 2.44. The number of hydrogen-bond acceptors (Lipinski definition) is 5. The largest absolute Gasteiger partial charge is 0.332 e. The van der Waals surface area contributed by atoms with Crippen LogP contribution in [0.3, 0.4) is 0 Å². The van der Waals surface area contributed by atoms with Crippen LogP contribution >= 0.6 is 0 Å². The molecule has 1 N–H and O–H groups in total. The van der Waals surface area contributed by atoms with Crippen LogP contribution in [0.25, 0.3) is 11.6 Å². The van der Waals surface area contributed by atoms with E-state index in [9.17, 15) is 9.59 Å². The SMILES string of the molecule is CCc1ccc(NC(=O)Cn2c(-c3nc(C)no3)cccc2=O)cc1. The second-order valence-corrected chi connectivity index (χ2v) is 5.58. The van der Waals surface area contributed by atoms with Crippen molar-refractivity contribution in [3.63, 3.8) is 0 Å². The van der Waals surface area contributed by atoms with Crippen molar-refractivity contribution < 1.29 is 9.32 Å². The van der Waals surface area contributed by atoms with Crippen molar-refractivity contribution in [2.45, 2.75) is 26.8 Å². The van der Waals surface area contributed by atoms with Crippen molar-refractivity contribution in [2.75, 3.05) is 5.32 Å². The van der Waals surface area contributed by atoms with Crippen LogP contribution in [0.2, 0.25) is 0 Å². The zero-order chi connectivity index (χ0) is 17.8. The number of amides is 1. The molecule has 7 nitrogen and oxygen atoms in total. The average molecular weight is 338 g/mol. The normalized spacial score (nSPS) is 10.6. The molecule has 0 fully saturated rings. The van der Waals surface area contributed by atoms with Gasteiger partial charge in [-0.1, -0.05) is 30.3 Å². The Bertz CT molecular complexity index is 941. The van der Waals surface area contributed by atoms with Crippen LogP contribution in [-0.2, 0) is 17.8 Å². The topological polar surface area (TPSA) is 90.0 Å². The Hall–Kier alpha value is -3.22. The molecule has 0 saturated heterocycles. The summed E-state index contributed by atoms with van der Waals surface area (Å²) < 4.78 is 6.43. The summed E-state index contributed by atoms with van der Waals surface area (Å²) in [5, 5.41) is 6.51. The van der Waals surface area contributed by atoms with Gasteiger partial charge in [0, 0.05) is 11.8 Å². The van der Waals surface area contributed by atoms with Crippen LogP contribution in [0.5, 0.6) is 0 Å².